The normalized spacial score (nSPS) is 18.9. The standard InChI is InChI=1S/C25H28N2O6/c28-22(27-14-16-11-13-32-23(16)24(29)30)10-5-12-26-25(31)33-15-21-19-8-3-1-6-17(19)18-7-2-4-9-20(18)21/h1-4,6-9,16,21,23H,5,10-15H2,(H,26,31)(H,27,28)(H,29,30)/t16-,23-/m1/s1. The Morgan fingerprint density at radius 2 is 1.67 bits per heavy atom. The summed E-state index contributed by atoms with van der Waals surface area (Å²) in [7, 11) is 0. The molecule has 1 fully saturated rings. The molecule has 0 bridgehead atoms. The van der Waals surface area contributed by atoms with E-state index in [0.29, 0.717) is 26.0 Å². The first-order valence-electron chi connectivity index (χ1n) is 11.2. The molecule has 0 spiro atoms. The number of hydrogen-bond donors (Lipinski definition) is 3. The average molecular weight is 453 g/mol. The minimum absolute atomic E-state index is 0.00289. The lowest BCUT2D eigenvalue weighted by molar-refractivity contribution is -0.149. The van der Waals surface area contributed by atoms with Gasteiger partial charge in [0.1, 0.15) is 6.61 Å². The molecule has 174 valence electrons. The first-order valence-corrected chi connectivity index (χ1v) is 11.2. The maximum atomic E-state index is 12.2. The highest BCUT2D eigenvalue weighted by molar-refractivity contribution is 5.79. The average Bonchev–Trinajstić information content (AvgIpc) is 3.42. The Morgan fingerprint density at radius 3 is 2.33 bits per heavy atom. The van der Waals surface area contributed by atoms with E-state index in [-0.39, 0.29) is 37.3 Å². The molecule has 1 aliphatic carbocycles. The number of fused-ring (bicyclic) bond motifs is 3. The largest absolute Gasteiger partial charge is 0.479 e. The number of hydrogen-bond acceptors (Lipinski definition) is 5. The van der Waals surface area contributed by atoms with Crippen LogP contribution in [0.1, 0.15) is 36.3 Å². The predicted octanol–water partition coefficient (Wildman–Crippen LogP) is 2.91. The van der Waals surface area contributed by atoms with Gasteiger partial charge in [-0.15, -0.1) is 0 Å². The van der Waals surface area contributed by atoms with Gasteiger partial charge in [-0.1, -0.05) is 48.5 Å². The molecule has 2 aliphatic rings. The molecule has 2 atom stereocenters. The van der Waals surface area contributed by atoms with E-state index in [9.17, 15) is 14.4 Å². The molecule has 0 aromatic heterocycles. The predicted molar refractivity (Wildman–Crippen MR) is 121 cm³/mol. The minimum atomic E-state index is -1.00. The van der Waals surface area contributed by atoms with E-state index in [1.807, 2.05) is 24.3 Å². The molecular formula is C25H28N2O6. The van der Waals surface area contributed by atoms with Crippen LogP contribution >= 0.6 is 0 Å². The van der Waals surface area contributed by atoms with E-state index in [1.165, 1.54) is 11.1 Å². The molecule has 2 amide bonds. The molecule has 0 saturated carbocycles. The smallest absolute Gasteiger partial charge is 0.407 e. The molecule has 3 N–H and O–H groups in total. The van der Waals surface area contributed by atoms with Gasteiger partial charge in [0, 0.05) is 38.0 Å². The van der Waals surface area contributed by atoms with Crippen LogP contribution in [-0.2, 0) is 19.1 Å². The molecule has 2 aromatic rings. The van der Waals surface area contributed by atoms with Gasteiger partial charge in [-0.05, 0) is 35.1 Å². The summed E-state index contributed by atoms with van der Waals surface area (Å²) < 4.78 is 10.6. The molecule has 4 rings (SSSR count). The van der Waals surface area contributed by atoms with Gasteiger partial charge in [-0.3, -0.25) is 4.79 Å². The van der Waals surface area contributed by atoms with Crippen molar-refractivity contribution in [1.29, 1.82) is 0 Å². The second-order valence-electron chi connectivity index (χ2n) is 8.34. The topological polar surface area (TPSA) is 114 Å². The molecule has 1 saturated heterocycles. The third kappa shape index (κ3) is 5.34. The Labute approximate surface area is 192 Å². The Kier molecular flexibility index (Phi) is 7.24. The lowest BCUT2D eigenvalue weighted by Gasteiger charge is -2.15. The summed E-state index contributed by atoms with van der Waals surface area (Å²) in [5.74, 6) is -1.40. The zero-order valence-corrected chi connectivity index (χ0v) is 18.3. The summed E-state index contributed by atoms with van der Waals surface area (Å²) >= 11 is 0. The molecule has 0 unspecified atom stereocenters. The molecule has 0 radical (unpaired) electrons. The lowest BCUT2D eigenvalue weighted by Crippen LogP contribution is -2.36. The second kappa shape index (κ2) is 10.5. The number of nitrogens with one attached hydrogen (secondary N) is 2. The van der Waals surface area contributed by atoms with Gasteiger partial charge in [0.15, 0.2) is 6.10 Å². The fourth-order valence-electron chi connectivity index (χ4n) is 4.54. The van der Waals surface area contributed by atoms with Crippen LogP contribution in [0.4, 0.5) is 4.79 Å². The van der Waals surface area contributed by atoms with Gasteiger partial charge < -0.3 is 25.2 Å². The number of carbonyl (C=O) groups is 3. The fraction of sp³-hybridized carbons (Fsp3) is 0.400. The summed E-state index contributed by atoms with van der Waals surface area (Å²) in [5, 5.41) is 14.5. The molecule has 1 heterocycles. The van der Waals surface area contributed by atoms with Gasteiger partial charge >= 0.3 is 12.1 Å². The van der Waals surface area contributed by atoms with Crippen molar-refractivity contribution in [3.63, 3.8) is 0 Å². The monoisotopic (exact) mass is 452 g/mol. The van der Waals surface area contributed by atoms with Crippen LogP contribution in [0.3, 0.4) is 0 Å². The third-order valence-corrected chi connectivity index (χ3v) is 6.21. The number of carboxylic acids is 1. The van der Waals surface area contributed by atoms with Crippen molar-refractivity contribution >= 4 is 18.0 Å². The van der Waals surface area contributed by atoms with Crippen molar-refractivity contribution in [1.82, 2.24) is 10.6 Å². The molecule has 1 aliphatic heterocycles. The number of aliphatic carboxylic acids is 1. The first kappa shape index (κ1) is 22.8. The highest BCUT2D eigenvalue weighted by Crippen LogP contribution is 2.44. The number of rotatable bonds is 9. The van der Waals surface area contributed by atoms with Crippen LogP contribution in [0.5, 0.6) is 0 Å². The van der Waals surface area contributed by atoms with Crippen LogP contribution in [-0.4, -0.2) is 55.5 Å². The van der Waals surface area contributed by atoms with Crippen LogP contribution < -0.4 is 10.6 Å². The van der Waals surface area contributed by atoms with Crippen molar-refractivity contribution in [2.75, 3.05) is 26.3 Å². The van der Waals surface area contributed by atoms with Crippen LogP contribution in [0.25, 0.3) is 11.1 Å². The molecular weight excluding hydrogens is 424 g/mol. The molecule has 8 nitrogen and oxygen atoms in total. The fourth-order valence-corrected chi connectivity index (χ4v) is 4.54. The highest BCUT2D eigenvalue weighted by Gasteiger charge is 2.34. The number of ether oxygens (including phenoxy) is 2. The summed E-state index contributed by atoms with van der Waals surface area (Å²) in [6, 6.07) is 16.3. The number of carboxylic acid groups (broad SMARTS) is 1. The Bertz CT molecular complexity index is 978. The van der Waals surface area contributed by atoms with Gasteiger partial charge in [-0.25, -0.2) is 9.59 Å². The maximum Gasteiger partial charge on any atom is 0.407 e. The number of carbonyl (C=O) groups excluding carboxylic acids is 2. The van der Waals surface area contributed by atoms with Crippen molar-refractivity contribution in [2.24, 2.45) is 5.92 Å². The number of amides is 2. The third-order valence-electron chi connectivity index (χ3n) is 6.21. The summed E-state index contributed by atoms with van der Waals surface area (Å²) in [4.78, 5) is 35.3. The van der Waals surface area contributed by atoms with E-state index >= 15 is 0 Å². The van der Waals surface area contributed by atoms with E-state index < -0.39 is 18.2 Å². The quantitative estimate of drug-likeness (QED) is 0.504. The minimum Gasteiger partial charge on any atom is -0.479 e. The van der Waals surface area contributed by atoms with Gasteiger partial charge in [0.25, 0.3) is 0 Å². The van der Waals surface area contributed by atoms with Gasteiger partial charge in [0.2, 0.25) is 5.91 Å². The summed E-state index contributed by atoms with van der Waals surface area (Å²) in [5.41, 5.74) is 4.65. The SMILES string of the molecule is O=C(CCCNC(=O)OCC1c2ccccc2-c2ccccc21)NC[C@H]1CCO[C@H]1C(=O)O. The Balaban J connectivity index is 1.16. The van der Waals surface area contributed by atoms with E-state index in [4.69, 9.17) is 14.6 Å². The van der Waals surface area contributed by atoms with Crippen molar-refractivity contribution in [3.05, 3.63) is 59.7 Å². The Morgan fingerprint density at radius 1 is 1.00 bits per heavy atom. The maximum absolute atomic E-state index is 12.2. The van der Waals surface area contributed by atoms with Crippen molar-refractivity contribution < 1.29 is 29.0 Å². The molecule has 2 aromatic carbocycles. The second-order valence-corrected chi connectivity index (χ2v) is 8.34. The van der Waals surface area contributed by atoms with E-state index in [2.05, 4.69) is 34.9 Å². The lowest BCUT2D eigenvalue weighted by atomic mass is 9.98. The Hall–Kier alpha value is -3.39. The molecule has 8 heteroatoms. The number of benzene rings is 2. The van der Waals surface area contributed by atoms with Gasteiger partial charge in [-0.2, -0.15) is 0 Å². The zero-order valence-electron chi connectivity index (χ0n) is 18.3. The van der Waals surface area contributed by atoms with Crippen molar-refractivity contribution in [2.45, 2.75) is 31.3 Å². The van der Waals surface area contributed by atoms with E-state index in [1.54, 1.807) is 0 Å². The summed E-state index contributed by atoms with van der Waals surface area (Å²) in [6.45, 7) is 1.22. The van der Waals surface area contributed by atoms with E-state index in [0.717, 1.165) is 11.1 Å². The van der Waals surface area contributed by atoms with Crippen LogP contribution in [0.2, 0.25) is 0 Å². The van der Waals surface area contributed by atoms with Crippen LogP contribution in [0.15, 0.2) is 48.5 Å². The highest BCUT2D eigenvalue weighted by atomic mass is 16.5. The van der Waals surface area contributed by atoms with Crippen molar-refractivity contribution in [3.8, 4) is 11.1 Å². The zero-order chi connectivity index (χ0) is 23.2. The van der Waals surface area contributed by atoms with Gasteiger partial charge in [0.05, 0.1) is 0 Å². The van der Waals surface area contributed by atoms with Crippen LogP contribution in [0, 0.1) is 5.92 Å². The number of alkyl carbamates (subject to hydrolysis) is 1. The molecule has 33 heavy (non-hydrogen) atoms. The summed E-state index contributed by atoms with van der Waals surface area (Å²) in [6.07, 6.45) is -0.0695. The first-order chi connectivity index (χ1) is 16.0.